The molecule has 0 radical (unpaired) electrons. The van der Waals surface area contributed by atoms with Crippen LogP contribution < -0.4 is 5.32 Å². The van der Waals surface area contributed by atoms with Crippen molar-refractivity contribution in [3.63, 3.8) is 0 Å². The Morgan fingerprint density at radius 1 is 1.27 bits per heavy atom. The van der Waals surface area contributed by atoms with Gasteiger partial charge in [-0.3, -0.25) is 0 Å². The van der Waals surface area contributed by atoms with Crippen molar-refractivity contribution in [1.82, 2.24) is 5.32 Å². The van der Waals surface area contributed by atoms with E-state index in [1.165, 1.54) is 32.1 Å². The third kappa shape index (κ3) is 4.98. The predicted octanol–water partition coefficient (Wildman–Crippen LogP) is 2.97. The van der Waals surface area contributed by atoms with Crippen LogP contribution in [-0.2, 0) is 4.74 Å². The number of hydrogen-bond donors (Lipinski definition) is 1. The van der Waals surface area contributed by atoms with Gasteiger partial charge in [-0.15, -0.1) is 0 Å². The van der Waals surface area contributed by atoms with E-state index >= 15 is 0 Å². The van der Waals surface area contributed by atoms with Crippen LogP contribution >= 0.6 is 0 Å². The molecule has 1 rings (SSSR count). The zero-order chi connectivity index (χ0) is 11.1. The van der Waals surface area contributed by atoms with Gasteiger partial charge in [0, 0.05) is 25.3 Å². The van der Waals surface area contributed by atoms with Crippen LogP contribution in [0.5, 0.6) is 0 Å². The topological polar surface area (TPSA) is 21.3 Å². The summed E-state index contributed by atoms with van der Waals surface area (Å²) in [5.74, 6) is 0.822. The summed E-state index contributed by atoms with van der Waals surface area (Å²) in [6.45, 7) is 8.82. The summed E-state index contributed by atoms with van der Waals surface area (Å²) < 4.78 is 5.39. The summed E-state index contributed by atoms with van der Waals surface area (Å²) in [5.41, 5.74) is 0. The molecule has 0 aromatic carbocycles. The van der Waals surface area contributed by atoms with E-state index in [0.717, 1.165) is 19.1 Å². The van der Waals surface area contributed by atoms with Crippen LogP contribution in [0.25, 0.3) is 0 Å². The smallest absolute Gasteiger partial charge is 0.0469 e. The van der Waals surface area contributed by atoms with Crippen LogP contribution in [0.15, 0.2) is 0 Å². The zero-order valence-corrected chi connectivity index (χ0v) is 10.6. The molecule has 1 aliphatic rings. The number of nitrogens with one attached hydrogen (secondary N) is 1. The second-order valence-corrected chi connectivity index (χ2v) is 4.95. The molecule has 1 heterocycles. The lowest BCUT2D eigenvalue weighted by atomic mass is 9.92. The summed E-state index contributed by atoms with van der Waals surface area (Å²) in [5, 5.41) is 3.73. The van der Waals surface area contributed by atoms with Crippen LogP contribution in [0, 0.1) is 5.92 Å². The highest BCUT2D eigenvalue weighted by atomic mass is 16.5. The minimum absolute atomic E-state index is 0.653. The maximum absolute atomic E-state index is 5.39. The average molecular weight is 213 g/mol. The predicted molar refractivity (Wildman–Crippen MR) is 65.1 cm³/mol. The minimum Gasteiger partial charge on any atom is -0.381 e. The fourth-order valence-electron chi connectivity index (χ4n) is 2.39. The van der Waals surface area contributed by atoms with E-state index in [1.54, 1.807) is 0 Å². The van der Waals surface area contributed by atoms with Gasteiger partial charge in [-0.25, -0.2) is 0 Å². The maximum Gasteiger partial charge on any atom is 0.0469 e. The van der Waals surface area contributed by atoms with Gasteiger partial charge in [0.25, 0.3) is 0 Å². The highest BCUT2D eigenvalue weighted by molar-refractivity contribution is 4.77. The lowest BCUT2D eigenvalue weighted by Crippen LogP contribution is -2.41. The Kier molecular flexibility index (Phi) is 6.26. The van der Waals surface area contributed by atoms with Crippen molar-refractivity contribution < 1.29 is 4.74 Å². The maximum atomic E-state index is 5.39. The molecule has 2 unspecified atom stereocenters. The first-order chi connectivity index (χ1) is 7.24. The van der Waals surface area contributed by atoms with Crippen molar-refractivity contribution in [2.45, 2.75) is 65.0 Å². The van der Waals surface area contributed by atoms with Crippen LogP contribution in [0.1, 0.15) is 52.9 Å². The number of unbranched alkanes of at least 4 members (excludes halogenated alkanes) is 1. The number of rotatable bonds is 6. The van der Waals surface area contributed by atoms with E-state index in [1.807, 2.05) is 0 Å². The Hall–Kier alpha value is -0.0800. The number of hydrogen-bond acceptors (Lipinski definition) is 2. The van der Waals surface area contributed by atoms with Crippen molar-refractivity contribution in [2.75, 3.05) is 13.2 Å². The van der Waals surface area contributed by atoms with Gasteiger partial charge in [0.2, 0.25) is 0 Å². The third-order valence-corrected chi connectivity index (χ3v) is 3.51. The molecule has 15 heavy (non-hydrogen) atoms. The molecule has 1 saturated heterocycles. The molecule has 1 aliphatic heterocycles. The Balaban J connectivity index is 2.17. The molecule has 0 saturated carbocycles. The van der Waals surface area contributed by atoms with E-state index in [-0.39, 0.29) is 0 Å². The fourth-order valence-corrected chi connectivity index (χ4v) is 2.39. The Morgan fingerprint density at radius 2 is 1.93 bits per heavy atom. The number of ether oxygens (including phenoxy) is 1. The van der Waals surface area contributed by atoms with E-state index in [9.17, 15) is 0 Å². The molecule has 0 amide bonds. The fraction of sp³-hybridized carbons (Fsp3) is 1.00. The molecule has 0 spiro atoms. The Morgan fingerprint density at radius 3 is 2.53 bits per heavy atom. The van der Waals surface area contributed by atoms with E-state index < -0.39 is 0 Å². The van der Waals surface area contributed by atoms with Gasteiger partial charge >= 0.3 is 0 Å². The van der Waals surface area contributed by atoms with Gasteiger partial charge in [-0.2, -0.15) is 0 Å². The molecule has 0 aromatic rings. The van der Waals surface area contributed by atoms with E-state index in [2.05, 4.69) is 26.1 Å². The van der Waals surface area contributed by atoms with Crippen molar-refractivity contribution in [2.24, 2.45) is 5.92 Å². The standard InChI is InChI=1S/C13H27NO/c1-4-5-6-11(2)14-12(3)13-7-9-15-10-8-13/h11-14H,4-10H2,1-3H3. The Labute approximate surface area is 94.8 Å². The van der Waals surface area contributed by atoms with Crippen molar-refractivity contribution in [3.05, 3.63) is 0 Å². The molecule has 2 heteroatoms. The summed E-state index contributed by atoms with van der Waals surface area (Å²) in [6.07, 6.45) is 6.42. The van der Waals surface area contributed by atoms with Gasteiger partial charge < -0.3 is 10.1 Å². The average Bonchev–Trinajstić information content (AvgIpc) is 2.27. The van der Waals surface area contributed by atoms with E-state index in [0.29, 0.717) is 12.1 Å². The van der Waals surface area contributed by atoms with Gasteiger partial charge in [0.15, 0.2) is 0 Å². The van der Waals surface area contributed by atoms with Crippen molar-refractivity contribution in [1.29, 1.82) is 0 Å². The Bertz CT molecular complexity index is 155. The van der Waals surface area contributed by atoms with Gasteiger partial charge in [-0.1, -0.05) is 19.8 Å². The highest BCUT2D eigenvalue weighted by Crippen LogP contribution is 2.19. The summed E-state index contributed by atoms with van der Waals surface area (Å²) >= 11 is 0. The summed E-state index contributed by atoms with van der Waals surface area (Å²) in [6, 6.07) is 1.32. The zero-order valence-electron chi connectivity index (χ0n) is 10.6. The summed E-state index contributed by atoms with van der Waals surface area (Å²) in [7, 11) is 0. The first kappa shape index (κ1) is 13.0. The lowest BCUT2D eigenvalue weighted by Gasteiger charge is -2.30. The molecule has 2 atom stereocenters. The normalized spacial score (nSPS) is 22.6. The summed E-state index contributed by atoms with van der Waals surface area (Å²) in [4.78, 5) is 0. The SMILES string of the molecule is CCCCC(C)NC(C)C1CCOCC1. The van der Waals surface area contributed by atoms with Gasteiger partial charge in [-0.05, 0) is 39.0 Å². The van der Waals surface area contributed by atoms with Crippen LogP contribution in [0.3, 0.4) is 0 Å². The molecule has 90 valence electrons. The van der Waals surface area contributed by atoms with Crippen LogP contribution in [0.2, 0.25) is 0 Å². The molecular weight excluding hydrogens is 186 g/mol. The van der Waals surface area contributed by atoms with Gasteiger partial charge in [0.1, 0.15) is 0 Å². The van der Waals surface area contributed by atoms with Crippen molar-refractivity contribution >= 4 is 0 Å². The monoisotopic (exact) mass is 213 g/mol. The highest BCUT2D eigenvalue weighted by Gasteiger charge is 2.21. The molecule has 0 aliphatic carbocycles. The molecule has 0 bridgehead atoms. The first-order valence-electron chi connectivity index (χ1n) is 6.57. The van der Waals surface area contributed by atoms with Crippen LogP contribution in [-0.4, -0.2) is 25.3 Å². The molecule has 1 fully saturated rings. The van der Waals surface area contributed by atoms with E-state index in [4.69, 9.17) is 4.74 Å². The van der Waals surface area contributed by atoms with Gasteiger partial charge in [0.05, 0.1) is 0 Å². The molecular formula is C13H27NO. The minimum atomic E-state index is 0.653. The van der Waals surface area contributed by atoms with Crippen molar-refractivity contribution in [3.8, 4) is 0 Å². The van der Waals surface area contributed by atoms with Crippen LogP contribution in [0.4, 0.5) is 0 Å². The quantitative estimate of drug-likeness (QED) is 0.732. The molecule has 2 nitrogen and oxygen atoms in total. The molecule has 0 aromatic heterocycles. The molecule has 1 N–H and O–H groups in total. The lowest BCUT2D eigenvalue weighted by molar-refractivity contribution is 0.0545. The largest absolute Gasteiger partial charge is 0.381 e. The third-order valence-electron chi connectivity index (χ3n) is 3.51. The first-order valence-corrected chi connectivity index (χ1v) is 6.57. The second-order valence-electron chi connectivity index (χ2n) is 4.95. The second kappa shape index (κ2) is 7.24.